The van der Waals surface area contributed by atoms with Gasteiger partial charge in [0.15, 0.2) is 0 Å². The zero-order valence-electron chi connectivity index (χ0n) is 13.0. The summed E-state index contributed by atoms with van der Waals surface area (Å²) in [6, 6.07) is 11.9. The van der Waals surface area contributed by atoms with E-state index in [0.29, 0.717) is 17.7 Å². The third-order valence-electron chi connectivity index (χ3n) is 3.61. The van der Waals surface area contributed by atoms with Crippen molar-refractivity contribution in [2.45, 2.75) is 26.8 Å². The van der Waals surface area contributed by atoms with Gasteiger partial charge in [0.25, 0.3) is 0 Å². The summed E-state index contributed by atoms with van der Waals surface area (Å²) < 4.78 is 19.2. The highest BCUT2D eigenvalue weighted by atomic mass is 19.1. The van der Waals surface area contributed by atoms with Gasteiger partial charge in [-0.3, -0.25) is 0 Å². The second-order valence-electron chi connectivity index (χ2n) is 5.19. The van der Waals surface area contributed by atoms with E-state index in [0.717, 1.165) is 16.9 Å². The first-order chi connectivity index (χ1) is 10.1. The molecule has 0 heterocycles. The summed E-state index contributed by atoms with van der Waals surface area (Å²) in [5.41, 5.74) is 3.55. The molecule has 1 atom stereocenters. The molecule has 0 saturated carbocycles. The summed E-state index contributed by atoms with van der Waals surface area (Å²) in [4.78, 5) is 0. The molecule has 2 aromatic rings. The summed E-state index contributed by atoms with van der Waals surface area (Å²) in [5, 5.41) is 3.30. The van der Waals surface area contributed by atoms with Gasteiger partial charge in [-0.1, -0.05) is 24.3 Å². The second kappa shape index (κ2) is 6.72. The number of hydrogen-bond acceptors (Lipinski definition) is 2. The molecule has 2 rings (SSSR count). The van der Waals surface area contributed by atoms with E-state index in [9.17, 15) is 4.39 Å². The Morgan fingerprint density at radius 2 is 1.62 bits per heavy atom. The number of aryl methyl sites for hydroxylation is 2. The Balaban J connectivity index is 2.35. The average Bonchev–Trinajstić information content (AvgIpc) is 2.47. The zero-order chi connectivity index (χ0) is 15.4. The van der Waals surface area contributed by atoms with Crippen LogP contribution in [0.25, 0.3) is 0 Å². The van der Waals surface area contributed by atoms with Crippen LogP contribution >= 0.6 is 0 Å². The maximum atomic E-state index is 13.8. The lowest BCUT2D eigenvalue weighted by Crippen LogP contribution is -2.18. The fraction of sp³-hybridized carbons (Fsp3) is 0.333. The molecule has 0 saturated heterocycles. The Hall–Kier alpha value is -1.87. The van der Waals surface area contributed by atoms with Crippen LogP contribution < -0.4 is 10.1 Å². The standard InChI is InChI=1S/C18H22FNO/c1-5-21-16-8-6-14(7-9-16)18(20-4)15-10-12(2)17(19)13(3)11-15/h6-11,18,20H,5H2,1-4H3. The van der Waals surface area contributed by atoms with E-state index in [1.165, 1.54) is 0 Å². The summed E-state index contributed by atoms with van der Waals surface area (Å²) in [6.07, 6.45) is 0. The Labute approximate surface area is 126 Å². The van der Waals surface area contributed by atoms with Crippen LogP contribution in [-0.4, -0.2) is 13.7 Å². The summed E-state index contributed by atoms with van der Waals surface area (Å²) >= 11 is 0. The van der Waals surface area contributed by atoms with Gasteiger partial charge in [0.05, 0.1) is 12.6 Å². The second-order valence-corrected chi connectivity index (χ2v) is 5.19. The third kappa shape index (κ3) is 3.42. The monoisotopic (exact) mass is 287 g/mol. The quantitative estimate of drug-likeness (QED) is 0.892. The first kappa shape index (κ1) is 15.5. The lowest BCUT2D eigenvalue weighted by Gasteiger charge is -2.19. The van der Waals surface area contributed by atoms with E-state index in [2.05, 4.69) is 5.32 Å². The molecule has 3 heteroatoms. The molecular weight excluding hydrogens is 265 g/mol. The van der Waals surface area contributed by atoms with Crippen LogP contribution in [-0.2, 0) is 0 Å². The van der Waals surface area contributed by atoms with Crippen molar-refractivity contribution in [1.82, 2.24) is 5.32 Å². The number of rotatable bonds is 5. The van der Waals surface area contributed by atoms with Crippen molar-refractivity contribution >= 4 is 0 Å². The summed E-state index contributed by atoms with van der Waals surface area (Å²) in [6.45, 7) is 6.23. The van der Waals surface area contributed by atoms with Gasteiger partial charge in [-0.05, 0) is 62.2 Å². The van der Waals surface area contributed by atoms with Gasteiger partial charge < -0.3 is 10.1 Å². The van der Waals surface area contributed by atoms with Crippen LogP contribution in [0.15, 0.2) is 36.4 Å². The Morgan fingerprint density at radius 1 is 1.05 bits per heavy atom. The largest absolute Gasteiger partial charge is 0.494 e. The maximum absolute atomic E-state index is 13.8. The van der Waals surface area contributed by atoms with Gasteiger partial charge in [-0.15, -0.1) is 0 Å². The van der Waals surface area contributed by atoms with Gasteiger partial charge in [0, 0.05) is 0 Å². The number of halogens is 1. The summed E-state index contributed by atoms with van der Waals surface area (Å²) in [7, 11) is 1.91. The highest BCUT2D eigenvalue weighted by Gasteiger charge is 2.14. The predicted molar refractivity (Wildman–Crippen MR) is 84.4 cm³/mol. The van der Waals surface area contributed by atoms with Crippen molar-refractivity contribution in [1.29, 1.82) is 0 Å². The molecule has 2 nitrogen and oxygen atoms in total. The molecule has 1 N–H and O–H groups in total. The molecule has 0 spiro atoms. The van der Waals surface area contributed by atoms with Gasteiger partial charge >= 0.3 is 0 Å². The van der Waals surface area contributed by atoms with Gasteiger partial charge in [-0.25, -0.2) is 4.39 Å². The number of benzene rings is 2. The number of nitrogens with one attached hydrogen (secondary N) is 1. The van der Waals surface area contributed by atoms with Gasteiger partial charge in [-0.2, -0.15) is 0 Å². The highest BCUT2D eigenvalue weighted by Crippen LogP contribution is 2.26. The Bertz CT molecular complexity index is 584. The van der Waals surface area contributed by atoms with Crippen molar-refractivity contribution in [2.24, 2.45) is 0 Å². The molecule has 21 heavy (non-hydrogen) atoms. The molecule has 0 aliphatic rings. The summed E-state index contributed by atoms with van der Waals surface area (Å²) in [5.74, 6) is 0.739. The van der Waals surface area contributed by atoms with Gasteiger partial charge in [0.1, 0.15) is 11.6 Å². The minimum atomic E-state index is -0.125. The minimum Gasteiger partial charge on any atom is -0.494 e. The van der Waals surface area contributed by atoms with Crippen LogP contribution in [0.5, 0.6) is 5.75 Å². The van der Waals surface area contributed by atoms with Crippen LogP contribution in [0, 0.1) is 19.7 Å². The van der Waals surface area contributed by atoms with Gasteiger partial charge in [0.2, 0.25) is 0 Å². The van der Waals surface area contributed by atoms with Crippen LogP contribution in [0.1, 0.15) is 35.2 Å². The smallest absolute Gasteiger partial charge is 0.129 e. The normalized spacial score (nSPS) is 12.2. The van der Waals surface area contributed by atoms with Crippen LogP contribution in [0.3, 0.4) is 0 Å². The maximum Gasteiger partial charge on any atom is 0.129 e. The van der Waals surface area contributed by atoms with Crippen molar-refractivity contribution in [3.05, 3.63) is 64.5 Å². The SMILES string of the molecule is CCOc1ccc(C(NC)c2cc(C)c(F)c(C)c2)cc1. The Morgan fingerprint density at radius 3 is 2.10 bits per heavy atom. The number of hydrogen-bond donors (Lipinski definition) is 1. The minimum absolute atomic E-state index is 0.0404. The van der Waals surface area contributed by atoms with Crippen molar-refractivity contribution in [3.8, 4) is 5.75 Å². The Kier molecular flexibility index (Phi) is 4.97. The highest BCUT2D eigenvalue weighted by molar-refractivity contribution is 5.39. The average molecular weight is 287 g/mol. The molecule has 112 valence electrons. The fourth-order valence-corrected chi connectivity index (χ4v) is 2.60. The number of ether oxygens (including phenoxy) is 1. The van der Waals surface area contributed by atoms with Crippen molar-refractivity contribution in [3.63, 3.8) is 0 Å². The van der Waals surface area contributed by atoms with E-state index in [4.69, 9.17) is 4.74 Å². The predicted octanol–water partition coefficient (Wildman–Crippen LogP) is 4.15. The van der Waals surface area contributed by atoms with Crippen LogP contribution in [0.4, 0.5) is 4.39 Å². The molecular formula is C18H22FNO. The molecule has 0 aliphatic heterocycles. The molecule has 0 fully saturated rings. The zero-order valence-corrected chi connectivity index (χ0v) is 13.0. The molecule has 0 radical (unpaired) electrons. The molecule has 2 aromatic carbocycles. The van der Waals surface area contributed by atoms with Crippen LogP contribution in [0.2, 0.25) is 0 Å². The first-order valence-corrected chi connectivity index (χ1v) is 7.23. The molecule has 0 bridgehead atoms. The molecule has 0 aromatic heterocycles. The fourth-order valence-electron chi connectivity index (χ4n) is 2.60. The molecule has 0 aliphatic carbocycles. The topological polar surface area (TPSA) is 21.3 Å². The van der Waals surface area contributed by atoms with E-state index in [-0.39, 0.29) is 11.9 Å². The van der Waals surface area contributed by atoms with E-state index in [1.54, 1.807) is 13.8 Å². The van der Waals surface area contributed by atoms with E-state index < -0.39 is 0 Å². The first-order valence-electron chi connectivity index (χ1n) is 7.23. The molecule has 0 amide bonds. The molecule has 1 unspecified atom stereocenters. The van der Waals surface area contributed by atoms with E-state index >= 15 is 0 Å². The lowest BCUT2D eigenvalue weighted by molar-refractivity contribution is 0.340. The van der Waals surface area contributed by atoms with Crippen molar-refractivity contribution in [2.75, 3.05) is 13.7 Å². The lowest BCUT2D eigenvalue weighted by atomic mass is 9.95. The van der Waals surface area contributed by atoms with E-state index in [1.807, 2.05) is 50.4 Å². The van der Waals surface area contributed by atoms with Crippen molar-refractivity contribution < 1.29 is 9.13 Å². The third-order valence-corrected chi connectivity index (χ3v) is 3.61.